The van der Waals surface area contributed by atoms with Crippen molar-refractivity contribution in [3.8, 4) is 0 Å². The molecule has 0 aliphatic carbocycles. The molecule has 1 aromatic heterocycles. The summed E-state index contributed by atoms with van der Waals surface area (Å²) in [6, 6.07) is 4.60. The van der Waals surface area contributed by atoms with Gasteiger partial charge in [-0.25, -0.2) is 13.1 Å². The molecule has 0 bridgehead atoms. The van der Waals surface area contributed by atoms with Crippen LogP contribution in [-0.2, 0) is 23.6 Å². The normalized spacial score (nSPS) is 11.8. The van der Waals surface area contributed by atoms with E-state index in [0.717, 1.165) is 17.0 Å². The summed E-state index contributed by atoms with van der Waals surface area (Å²) < 4.78 is 29.0. The molecular formula is C13H17ClN4O2S. The number of halogens is 1. The van der Waals surface area contributed by atoms with Crippen molar-refractivity contribution >= 4 is 27.3 Å². The summed E-state index contributed by atoms with van der Waals surface area (Å²) in [4.78, 5) is -0.0918. The van der Waals surface area contributed by atoms with Crippen molar-refractivity contribution in [3.63, 3.8) is 0 Å². The van der Waals surface area contributed by atoms with Crippen LogP contribution in [0.5, 0.6) is 0 Å². The van der Waals surface area contributed by atoms with Gasteiger partial charge >= 0.3 is 0 Å². The van der Waals surface area contributed by atoms with Crippen LogP contribution in [0, 0.1) is 13.8 Å². The Morgan fingerprint density at radius 1 is 1.38 bits per heavy atom. The molecule has 6 nitrogen and oxygen atoms in total. The molecular weight excluding hydrogens is 312 g/mol. The minimum absolute atomic E-state index is 0.0918. The molecule has 0 aliphatic heterocycles. The first-order valence-electron chi connectivity index (χ1n) is 6.26. The number of nitrogens with zero attached hydrogens (tertiary/aromatic N) is 2. The van der Waals surface area contributed by atoms with Gasteiger partial charge in [0.15, 0.2) is 0 Å². The van der Waals surface area contributed by atoms with E-state index in [1.165, 1.54) is 12.1 Å². The van der Waals surface area contributed by atoms with E-state index in [9.17, 15) is 8.42 Å². The zero-order valence-electron chi connectivity index (χ0n) is 12.0. The maximum Gasteiger partial charge on any atom is 0.244 e. The summed E-state index contributed by atoms with van der Waals surface area (Å²) in [6.45, 7) is 3.85. The van der Waals surface area contributed by atoms with Crippen LogP contribution in [0.1, 0.15) is 17.0 Å². The number of aryl methyl sites for hydroxylation is 2. The van der Waals surface area contributed by atoms with Crippen LogP contribution in [-0.4, -0.2) is 18.2 Å². The Labute approximate surface area is 129 Å². The van der Waals surface area contributed by atoms with E-state index in [4.69, 9.17) is 17.3 Å². The monoisotopic (exact) mass is 328 g/mol. The fraction of sp³-hybridized carbons (Fsp3) is 0.308. The predicted octanol–water partition coefficient (Wildman–Crippen LogP) is 1.75. The highest BCUT2D eigenvalue weighted by Crippen LogP contribution is 2.27. The van der Waals surface area contributed by atoms with Crippen LogP contribution in [0.15, 0.2) is 23.1 Å². The van der Waals surface area contributed by atoms with Crippen molar-refractivity contribution in [2.75, 3.05) is 5.73 Å². The Hall–Kier alpha value is -1.57. The number of benzene rings is 1. The maximum atomic E-state index is 12.4. The number of nitrogens with one attached hydrogen (secondary N) is 1. The fourth-order valence-corrected chi connectivity index (χ4v) is 3.79. The van der Waals surface area contributed by atoms with Crippen LogP contribution in [0.25, 0.3) is 0 Å². The highest BCUT2D eigenvalue weighted by atomic mass is 35.5. The number of anilines is 1. The number of nitrogens with two attached hydrogens (primary N) is 1. The van der Waals surface area contributed by atoms with Crippen LogP contribution >= 0.6 is 11.6 Å². The van der Waals surface area contributed by atoms with Gasteiger partial charge in [-0.05, 0) is 26.0 Å². The number of rotatable bonds is 4. The van der Waals surface area contributed by atoms with E-state index in [1.54, 1.807) is 10.7 Å². The average molecular weight is 329 g/mol. The van der Waals surface area contributed by atoms with Gasteiger partial charge in [0.05, 0.1) is 16.4 Å². The zero-order chi connectivity index (χ0) is 15.8. The van der Waals surface area contributed by atoms with Crippen molar-refractivity contribution in [1.82, 2.24) is 14.5 Å². The van der Waals surface area contributed by atoms with Crippen LogP contribution in [0.4, 0.5) is 5.69 Å². The summed E-state index contributed by atoms with van der Waals surface area (Å²) in [5.74, 6) is 0. The van der Waals surface area contributed by atoms with E-state index in [2.05, 4.69) is 9.82 Å². The van der Waals surface area contributed by atoms with Crippen LogP contribution in [0.2, 0.25) is 5.02 Å². The SMILES string of the molecule is Cc1nn(C)c(C)c1CNS(=O)(=O)c1c(N)cccc1Cl. The van der Waals surface area contributed by atoms with Crippen molar-refractivity contribution in [3.05, 3.63) is 40.2 Å². The molecule has 8 heteroatoms. The average Bonchev–Trinajstić information content (AvgIpc) is 2.60. The fourth-order valence-electron chi connectivity index (χ4n) is 2.12. The lowest BCUT2D eigenvalue weighted by atomic mass is 10.2. The van der Waals surface area contributed by atoms with Crippen molar-refractivity contribution in [1.29, 1.82) is 0 Å². The van der Waals surface area contributed by atoms with Gasteiger partial charge in [-0.15, -0.1) is 0 Å². The van der Waals surface area contributed by atoms with E-state index < -0.39 is 10.0 Å². The second kappa shape index (κ2) is 5.67. The number of sulfonamides is 1. The number of hydrogen-bond donors (Lipinski definition) is 2. The second-order valence-corrected chi connectivity index (χ2v) is 6.87. The molecule has 0 aliphatic rings. The Balaban J connectivity index is 2.31. The second-order valence-electron chi connectivity index (χ2n) is 4.76. The van der Waals surface area contributed by atoms with Crippen molar-refractivity contribution in [2.24, 2.45) is 7.05 Å². The molecule has 0 atom stereocenters. The first-order chi connectivity index (χ1) is 9.74. The third kappa shape index (κ3) is 3.04. The van der Waals surface area contributed by atoms with Gasteiger partial charge in [-0.1, -0.05) is 17.7 Å². The van der Waals surface area contributed by atoms with Gasteiger partial charge in [0.2, 0.25) is 10.0 Å². The molecule has 0 saturated heterocycles. The molecule has 0 fully saturated rings. The molecule has 1 aromatic carbocycles. The first-order valence-corrected chi connectivity index (χ1v) is 8.13. The molecule has 2 rings (SSSR count). The number of aromatic nitrogens is 2. The lowest BCUT2D eigenvalue weighted by molar-refractivity contribution is 0.581. The van der Waals surface area contributed by atoms with E-state index >= 15 is 0 Å². The molecule has 2 aromatic rings. The first kappa shape index (κ1) is 15.8. The minimum Gasteiger partial charge on any atom is -0.398 e. The van der Waals surface area contributed by atoms with E-state index in [0.29, 0.717) is 0 Å². The molecule has 21 heavy (non-hydrogen) atoms. The zero-order valence-corrected chi connectivity index (χ0v) is 13.6. The minimum atomic E-state index is -3.79. The predicted molar refractivity (Wildman–Crippen MR) is 82.6 cm³/mol. The molecule has 0 amide bonds. The van der Waals surface area contributed by atoms with Gasteiger partial charge in [-0.3, -0.25) is 4.68 Å². The van der Waals surface area contributed by atoms with Crippen molar-refractivity contribution < 1.29 is 8.42 Å². The molecule has 0 radical (unpaired) electrons. The Kier molecular flexibility index (Phi) is 4.27. The summed E-state index contributed by atoms with van der Waals surface area (Å²) in [7, 11) is -1.98. The smallest absolute Gasteiger partial charge is 0.244 e. The third-order valence-electron chi connectivity index (χ3n) is 3.36. The highest BCUT2D eigenvalue weighted by molar-refractivity contribution is 7.89. The molecule has 114 valence electrons. The van der Waals surface area contributed by atoms with Crippen LogP contribution < -0.4 is 10.5 Å². The van der Waals surface area contributed by atoms with Crippen LogP contribution in [0.3, 0.4) is 0 Å². The highest BCUT2D eigenvalue weighted by Gasteiger charge is 2.22. The Bertz CT molecular complexity index is 763. The Morgan fingerprint density at radius 3 is 2.57 bits per heavy atom. The molecule has 0 spiro atoms. The topological polar surface area (TPSA) is 90.0 Å². The van der Waals surface area contributed by atoms with Gasteiger partial charge in [0, 0.05) is 24.8 Å². The van der Waals surface area contributed by atoms with Gasteiger partial charge in [-0.2, -0.15) is 5.10 Å². The van der Waals surface area contributed by atoms with E-state index in [-0.39, 0.29) is 22.2 Å². The largest absolute Gasteiger partial charge is 0.398 e. The Morgan fingerprint density at radius 2 is 2.05 bits per heavy atom. The number of nitrogen functional groups attached to an aromatic ring is 1. The summed E-state index contributed by atoms with van der Waals surface area (Å²) >= 11 is 5.95. The number of hydrogen-bond acceptors (Lipinski definition) is 4. The molecule has 0 saturated carbocycles. The van der Waals surface area contributed by atoms with Gasteiger partial charge in [0.1, 0.15) is 4.90 Å². The maximum absolute atomic E-state index is 12.4. The summed E-state index contributed by atoms with van der Waals surface area (Å²) in [5.41, 5.74) is 8.37. The lowest BCUT2D eigenvalue weighted by Crippen LogP contribution is -2.25. The van der Waals surface area contributed by atoms with Crippen molar-refractivity contribution in [2.45, 2.75) is 25.3 Å². The molecule has 0 unspecified atom stereocenters. The third-order valence-corrected chi connectivity index (χ3v) is 5.31. The lowest BCUT2D eigenvalue weighted by Gasteiger charge is -2.11. The van der Waals surface area contributed by atoms with E-state index in [1.807, 2.05) is 20.9 Å². The summed E-state index contributed by atoms with van der Waals surface area (Å²) in [5, 5.41) is 4.35. The standard InChI is InChI=1S/C13H17ClN4O2S/c1-8-10(9(2)18(3)17-8)7-16-21(19,20)13-11(14)5-4-6-12(13)15/h4-6,16H,7,15H2,1-3H3. The van der Waals surface area contributed by atoms with Gasteiger partial charge in [0.25, 0.3) is 0 Å². The molecule has 3 N–H and O–H groups in total. The summed E-state index contributed by atoms with van der Waals surface area (Å²) in [6.07, 6.45) is 0. The van der Waals surface area contributed by atoms with Gasteiger partial charge < -0.3 is 5.73 Å². The molecule has 1 heterocycles. The quantitative estimate of drug-likeness (QED) is 0.837.